The summed E-state index contributed by atoms with van der Waals surface area (Å²) in [5, 5.41) is 0. The van der Waals surface area contributed by atoms with Crippen LogP contribution in [0.5, 0.6) is 0 Å². The smallest absolute Gasteiger partial charge is 0.303 e. The largest absolute Gasteiger partial charge is 0.472 e. The average Bonchev–Trinajstić information content (AvgIpc) is 2.73. The van der Waals surface area contributed by atoms with E-state index < -0.39 is 7.82 Å². The van der Waals surface area contributed by atoms with E-state index >= 15 is 0 Å². The van der Waals surface area contributed by atoms with E-state index in [1.807, 2.05) is 0 Å². The molecule has 186 valence electrons. The zero-order valence-corrected chi connectivity index (χ0v) is 21.8. The highest BCUT2D eigenvalue weighted by Crippen LogP contribution is 2.46. The van der Waals surface area contributed by atoms with Gasteiger partial charge in [0.25, 0.3) is 0 Å². The monoisotopic (exact) mass is 461 g/mol. The molecular formula is C25H52NO4P. The van der Waals surface area contributed by atoms with Crippen molar-refractivity contribution in [3.05, 3.63) is 0 Å². The van der Waals surface area contributed by atoms with Gasteiger partial charge in [0.15, 0.2) is 0 Å². The van der Waals surface area contributed by atoms with Gasteiger partial charge in [-0.05, 0) is 33.2 Å². The zero-order valence-electron chi connectivity index (χ0n) is 20.9. The number of rotatable bonds is 20. The van der Waals surface area contributed by atoms with Gasteiger partial charge in [-0.2, -0.15) is 0 Å². The van der Waals surface area contributed by atoms with Crippen LogP contribution in [0.1, 0.15) is 129 Å². The first-order valence-electron chi connectivity index (χ1n) is 13.3. The lowest BCUT2D eigenvalue weighted by Gasteiger charge is -2.35. The summed E-state index contributed by atoms with van der Waals surface area (Å²) < 4.78 is 22.7. The first-order valence-corrected chi connectivity index (χ1v) is 14.8. The molecule has 3 atom stereocenters. The van der Waals surface area contributed by atoms with Crippen molar-refractivity contribution in [2.24, 2.45) is 0 Å². The average molecular weight is 462 g/mol. The highest BCUT2D eigenvalue weighted by Gasteiger charge is 2.31. The maximum atomic E-state index is 12.1. The van der Waals surface area contributed by atoms with Gasteiger partial charge in [-0.25, -0.2) is 4.57 Å². The number of hydrogen-bond acceptors (Lipinski definition) is 4. The van der Waals surface area contributed by atoms with Crippen molar-refractivity contribution in [2.45, 2.75) is 142 Å². The van der Waals surface area contributed by atoms with Gasteiger partial charge in [0, 0.05) is 12.6 Å². The van der Waals surface area contributed by atoms with Crippen LogP contribution in [0.4, 0.5) is 0 Å². The van der Waals surface area contributed by atoms with Crippen LogP contribution in [0.3, 0.4) is 0 Å². The predicted molar refractivity (Wildman–Crippen MR) is 132 cm³/mol. The van der Waals surface area contributed by atoms with Gasteiger partial charge < -0.3 is 9.79 Å². The lowest BCUT2D eigenvalue weighted by molar-refractivity contribution is 0.0436. The SMILES string of the molecule is CCCCCCCCCCCCCCCCCCOP(=O)(O)OC1CCN(C)C(C)C1. The van der Waals surface area contributed by atoms with Crippen molar-refractivity contribution < 1.29 is 18.5 Å². The summed E-state index contributed by atoms with van der Waals surface area (Å²) in [5.74, 6) is 0. The molecule has 0 aromatic rings. The first kappa shape index (κ1) is 29.1. The van der Waals surface area contributed by atoms with Crippen LogP contribution >= 0.6 is 7.82 Å². The Bertz CT molecular complexity index is 463. The number of hydrogen-bond donors (Lipinski definition) is 1. The summed E-state index contributed by atoms with van der Waals surface area (Å²) in [4.78, 5) is 12.2. The highest BCUT2D eigenvalue weighted by atomic mass is 31.2. The fourth-order valence-corrected chi connectivity index (χ4v) is 5.38. The van der Waals surface area contributed by atoms with E-state index in [0.717, 1.165) is 32.2 Å². The summed E-state index contributed by atoms with van der Waals surface area (Å²) in [5.41, 5.74) is 0. The van der Waals surface area contributed by atoms with Gasteiger partial charge in [0.05, 0.1) is 12.7 Å². The van der Waals surface area contributed by atoms with Crippen molar-refractivity contribution >= 4 is 7.82 Å². The van der Waals surface area contributed by atoms with Crippen LogP contribution < -0.4 is 0 Å². The second-order valence-electron chi connectivity index (χ2n) is 9.69. The van der Waals surface area contributed by atoms with E-state index in [0.29, 0.717) is 12.6 Å². The summed E-state index contributed by atoms with van der Waals surface area (Å²) in [6, 6.07) is 0.374. The van der Waals surface area contributed by atoms with Crippen LogP contribution in [0.15, 0.2) is 0 Å². The van der Waals surface area contributed by atoms with Crippen LogP contribution in [-0.4, -0.2) is 42.1 Å². The molecule has 0 bridgehead atoms. The number of phosphoric acid groups is 1. The van der Waals surface area contributed by atoms with E-state index in [2.05, 4.69) is 25.8 Å². The first-order chi connectivity index (χ1) is 14.9. The molecule has 1 fully saturated rings. The van der Waals surface area contributed by atoms with Crippen molar-refractivity contribution in [3.63, 3.8) is 0 Å². The van der Waals surface area contributed by atoms with Gasteiger partial charge in [0.1, 0.15) is 0 Å². The molecule has 1 aliphatic heterocycles. The van der Waals surface area contributed by atoms with Crippen molar-refractivity contribution in [2.75, 3.05) is 20.2 Å². The van der Waals surface area contributed by atoms with E-state index in [4.69, 9.17) is 9.05 Å². The van der Waals surface area contributed by atoms with Gasteiger partial charge in [-0.1, -0.05) is 103 Å². The maximum Gasteiger partial charge on any atom is 0.472 e. The zero-order chi connectivity index (χ0) is 22.8. The fourth-order valence-electron chi connectivity index (χ4n) is 4.39. The Morgan fingerprint density at radius 1 is 0.839 bits per heavy atom. The third-order valence-electron chi connectivity index (χ3n) is 6.69. The summed E-state index contributed by atoms with van der Waals surface area (Å²) in [6.45, 7) is 5.60. The molecule has 6 heteroatoms. The third kappa shape index (κ3) is 16.3. The van der Waals surface area contributed by atoms with E-state index in [-0.39, 0.29) is 6.10 Å². The molecule has 5 nitrogen and oxygen atoms in total. The number of phosphoric ester groups is 1. The Morgan fingerprint density at radius 3 is 1.74 bits per heavy atom. The van der Waals surface area contributed by atoms with Crippen LogP contribution in [0.25, 0.3) is 0 Å². The van der Waals surface area contributed by atoms with Gasteiger partial charge in [-0.3, -0.25) is 9.05 Å². The third-order valence-corrected chi connectivity index (χ3v) is 7.77. The lowest BCUT2D eigenvalue weighted by Crippen LogP contribution is -2.40. The summed E-state index contributed by atoms with van der Waals surface area (Å²) >= 11 is 0. The molecule has 0 aliphatic carbocycles. The Balaban J connectivity index is 1.84. The normalized spacial score (nSPS) is 21.9. The molecular weight excluding hydrogens is 409 g/mol. The molecule has 0 spiro atoms. The predicted octanol–water partition coefficient (Wildman–Crippen LogP) is 7.86. The minimum atomic E-state index is -3.92. The Hall–Kier alpha value is 0.0700. The van der Waals surface area contributed by atoms with Crippen molar-refractivity contribution in [1.29, 1.82) is 0 Å². The number of unbranched alkanes of at least 4 members (excludes halogenated alkanes) is 15. The molecule has 1 aliphatic rings. The van der Waals surface area contributed by atoms with Gasteiger partial charge in [-0.15, -0.1) is 0 Å². The second-order valence-corrected chi connectivity index (χ2v) is 11.1. The Kier molecular flexibility index (Phi) is 17.4. The number of likely N-dealkylation sites (tertiary alicyclic amines) is 1. The lowest BCUT2D eigenvalue weighted by atomic mass is 10.0. The maximum absolute atomic E-state index is 12.1. The minimum absolute atomic E-state index is 0.173. The van der Waals surface area contributed by atoms with E-state index in [1.165, 1.54) is 89.9 Å². The standard InChI is InChI=1S/C25H52NO4P/c1-4-5-6-7-8-9-10-11-12-13-14-15-16-17-18-19-22-29-31(27,28)30-25-20-21-26(3)24(2)23-25/h24-25H,4-23H2,1-3H3,(H,27,28). The van der Waals surface area contributed by atoms with Crippen molar-refractivity contribution in [1.82, 2.24) is 4.90 Å². The highest BCUT2D eigenvalue weighted by molar-refractivity contribution is 7.47. The number of piperidine rings is 1. The van der Waals surface area contributed by atoms with Crippen LogP contribution in [0.2, 0.25) is 0 Å². The molecule has 1 saturated heterocycles. The van der Waals surface area contributed by atoms with Crippen LogP contribution in [-0.2, 0) is 13.6 Å². The fraction of sp³-hybridized carbons (Fsp3) is 1.00. The molecule has 31 heavy (non-hydrogen) atoms. The molecule has 3 unspecified atom stereocenters. The molecule has 1 N–H and O–H groups in total. The summed E-state index contributed by atoms with van der Waals surface area (Å²) in [6.07, 6.45) is 22.4. The van der Waals surface area contributed by atoms with Gasteiger partial charge >= 0.3 is 7.82 Å². The topological polar surface area (TPSA) is 59.0 Å². The molecule has 0 aromatic carbocycles. The Labute approximate surface area is 193 Å². The summed E-state index contributed by atoms with van der Waals surface area (Å²) in [7, 11) is -1.84. The van der Waals surface area contributed by atoms with Crippen molar-refractivity contribution in [3.8, 4) is 0 Å². The quantitative estimate of drug-likeness (QED) is 0.148. The van der Waals surface area contributed by atoms with Crippen LogP contribution in [0, 0.1) is 0 Å². The number of nitrogens with zero attached hydrogens (tertiary/aromatic N) is 1. The molecule has 1 rings (SSSR count). The second kappa shape index (κ2) is 18.5. The molecule has 0 radical (unpaired) electrons. The molecule has 1 heterocycles. The molecule has 0 amide bonds. The molecule has 0 aromatic heterocycles. The van der Waals surface area contributed by atoms with E-state index in [9.17, 15) is 9.46 Å². The van der Waals surface area contributed by atoms with Gasteiger partial charge in [0.2, 0.25) is 0 Å². The Morgan fingerprint density at radius 2 is 1.29 bits per heavy atom. The van der Waals surface area contributed by atoms with E-state index in [1.54, 1.807) is 0 Å². The molecule has 0 saturated carbocycles. The minimum Gasteiger partial charge on any atom is -0.303 e.